The maximum Gasteiger partial charge on any atom is 0.495 e. The van der Waals surface area contributed by atoms with Crippen LogP contribution in [-0.4, -0.2) is 18.3 Å². The zero-order chi connectivity index (χ0) is 21.1. The Bertz CT molecular complexity index is 871. The van der Waals surface area contributed by atoms with Gasteiger partial charge >= 0.3 is 7.12 Å². The smallest absolute Gasteiger partial charge is 0.399 e. The molecular formula is C25H37BO2. The Kier molecular flexibility index (Phi) is 5.05. The van der Waals surface area contributed by atoms with Gasteiger partial charge in [0, 0.05) is 0 Å². The third-order valence-corrected chi connectivity index (χ3v) is 7.02. The first kappa shape index (κ1) is 21.4. The highest BCUT2D eigenvalue weighted by atomic mass is 16.7. The summed E-state index contributed by atoms with van der Waals surface area (Å²) in [5.41, 5.74) is 3.38. The lowest BCUT2D eigenvalue weighted by molar-refractivity contribution is 0.00578. The van der Waals surface area contributed by atoms with Crippen LogP contribution in [0, 0.1) is 0 Å². The van der Waals surface area contributed by atoms with Crippen LogP contribution in [-0.2, 0) is 20.1 Å². The van der Waals surface area contributed by atoms with Gasteiger partial charge in [-0.25, -0.2) is 0 Å². The zero-order valence-corrected chi connectivity index (χ0v) is 19.5. The molecule has 2 aromatic rings. The molecule has 0 bridgehead atoms. The van der Waals surface area contributed by atoms with Crippen LogP contribution in [0.2, 0.25) is 0 Å². The van der Waals surface area contributed by atoms with Crippen molar-refractivity contribution in [3.8, 4) is 0 Å². The van der Waals surface area contributed by atoms with Crippen molar-refractivity contribution in [2.75, 3.05) is 0 Å². The summed E-state index contributed by atoms with van der Waals surface area (Å²) in [5, 5.41) is 2.50. The van der Waals surface area contributed by atoms with Crippen molar-refractivity contribution in [1.82, 2.24) is 0 Å². The highest BCUT2D eigenvalue weighted by Crippen LogP contribution is 2.38. The number of fused-ring (bicyclic) bond motifs is 1. The average molecular weight is 380 g/mol. The van der Waals surface area contributed by atoms with Crippen LogP contribution in [0.1, 0.15) is 86.8 Å². The van der Waals surface area contributed by atoms with E-state index in [-0.39, 0.29) is 29.2 Å². The van der Waals surface area contributed by atoms with Crippen LogP contribution in [0.25, 0.3) is 10.8 Å². The minimum Gasteiger partial charge on any atom is -0.399 e. The molecule has 1 aliphatic rings. The summed E-state index contributed by atoms with van der Waals surface area (Å²) in [6.45, 7) is 22.2. The number of rotatable bonds is 3. The second kappa shape index (κ2) is 6.60. The van der Waals surface area contributed by atoms with E-state index in [1.807, 2.05) is 0 Å². The molecule has 3 rings (SSSR count). The van der Waals surface area contributed by atoms with E-state index in [1.165, 1.54) is 21.9 Å². The molecule has 0 spiro atoms. The molecule has 0 amide bonds. The van der Waals surface area contributed by atoms with Gasteiger partial charge in [0.2, 0.25) is 0 Å². The van der Waals surface area contributed by atoms with Gasteiger partial charge in [-0.3, -0.25) is 0 Å². The van der Waals surface area contributed by atoms with Gasteiger partial charge < -0.3 is 9.31 Å². The maximum atomic E-state index is 6.43. The van der Waals surface area contributed by atoms with E-state index in [0.717, 1.165) is 11.9 Å². The van der Waals surface area contributed by atoms with E-state index in [4.69, 9.17) is 9.31 Å². The average Bonchev–Trinajstić information content (AvgIpc) is 2.80. The monoisotopic (exact) mass is 380 g/mol. The van der Waals surface area contributed by atoms with Gasteiger partial charge in [0.05, 0.1) is 11.2 Å². The molecule has 0 aliphatic carbocycles. The Hall–Kier alpha value is -1.32. The van der Waals surface area contributed by atoms with E-state index < -0.39 is 0 Å². The first-order valence-corrected chi connectivity index (χ1v) is 10.6. The first-order chi connectivity index (χ1) is 12.7. The molecule has 0 aromatic heterocycles. The van der Waals surface area contributed by atoms with E-state index in [2.05, 4.69) is 99.6 Å². The van der Waals surface area contributed by atoms with Crippen molar-refractivity contribution in [3.05, 3.63) is 41.5 Å². The van der Waals surface area contributed by atoms with Crippen molar-refractivity contribution in [3.63, 3.8) is 0 Å². The standard InChI is InChI=1S/C25H37BO2/c1-11-23(5,6)19-15-17-14-18(22(2,3)4)12-13-20(17)21(16-19)26-27-24(7,8)25(9,10)28-26/h12-16H,11H2,1-10H3. The molecule has 28 heavy (non-hydrogen) atoms. The predicted octanol–water partition coefficient (Wildman–Crippen LogP) is 6.12. The van der Waals surface area contributed by atoms with Crippen molar-refractivity contribution < 1.29 is 9.31 Å². The molecule has 0 unspecified atom stereocenters. The summed E-state index contributed by atoms with van der Waals surface area (Å²) in [6, 6.07) is 11.5. The van der Waals surface area contributed by atoms with Crippen molar-refractivity contribution >= 4 is 23.4 Å². The van der Waals surface area contributed by atoms with Crippen molar-refractivity contribution in [2.45, 2.75) is 97.7 Å². The van der Waals surface area contributed by atoms with E-state index in [1.54, 1.807) is 0 Å². The third-order valence-electron chi connectivity index (χ3n) is 7.02. The summed E-state index contributed by atoms with van der Waals surface area (Å²) in [7, 11) is -0.347. The fourth-order valence-electron chi connectivity index (χ4n) is 3.63. The number of hydrogen-bond donors (Lipinski definition) is 0. The number of hydrogen-bond acceptors (Lipinski definition) is 2. The van der Waals surface area contributed by atoms with Gasteiger partial charge in [0.25, 0.3) is 0 Å². The van der Waals surface area contributed by atoms with Gasteiger partial charge in [-0.1, -0.05) is 71.9 Å². The lowest BCUT2D eigenvalue weighted by Crippen LogP contribution is -2.41. The summed E-state index contributed by atoms with van der Waals surface area (Å²) in [6.07, 6.45) is 1.08. The Morgan fingerprint density at radius 2 is 1.36 bits per heavy atom. The molecule has 0 N–H and O–H groups in total. The SMILES string of the molecule is CCC(C)(C)c1cc(B2OC(C)(C)C(C)(C)O2)c2ccc(C(C)(C)C)cc2c1. The fraction of sp³-hybridized carbons (Fsp3) is 0.600. The molecule has 3 heteroatoms. The van der Waals surface area contributed by atoms with Crippen LogP contribution >= 0.6 is 0 Å². The van der Waals surface area contributed by atoms with Crippen LogP contribution < -0.4 is 5.46 Å². The minimum atomic E-state index is -0.347. The molecule has 0 saturated carbocycles. The summed E-state index contributed by atoms with van der Waals surface area (Å²) >= 11 is 0. The predicted molar refractivity (Wildman–Crippen MR) is 122 cm³/mol. The van der Waals surface area contributed by atoms with E-state index in [9.17, 15) is 0 Å². The highest BCUT2D eigenvalue weighted by Gasteiger charge is 2.52. The molecule has 1 saturated heterocycles. The molecule has 2 nitrogen and oxygen atoms in total. The first-order valence-electron chi connectivity index (χ1n) is 10.6. The topological polar surface area (TPSA) is 18.5 Å². The van der Waals surface area contributed by atoms with Crippen LogP contribution in [0.5, 0.6) is 0 Å². The molecule has 152 valence electrons. The third kappa shape index (κ3) is 3.64. The van der Waals surface area contributed by atoms with Crippen LogP contribution in [0.3, 0.4) is 0 Å². The van der Waals surface area contributed by atoms with Crippen LogP contribution in [0.15, 0.2) is 30.3 Å². The van der Waals surface area contributed by atoms with Gasteiger partial charge in [0.15, 0.2) is 0 Å². The van der Waals surface area contributed by atoms with E-state index >= 15 is 0 Å². The van der Waals surface area contributed by atoms with Gasteiger partial charge in [-0.2, -0.15) is 0 Å². The Balaban J connectivity index is 2.23. The Labute approximate surface area is 172 Å². The summed E-state index contributed by atoms with van der Waals surface area (Å²) in [5.74, 6) is 0. The van der Waals surface area contributed by atoms with Crippen LogP contribution in [0.4, 0.5) is 0 Å². The van der Waals surface area contributed by atoms with Gasteiger partial charge in [0.1, 0.15) is 0 Å². The van der Waals surface area contributed by atoms with Crippen molar-refractivity contribution in [1.29, 1.82) is 0 Å². The van der Waals surface area contributed by atoms with Gasteiger partial charge in [-0.15, -0.1) is 0 Å². The Morgan fingerprint density at radius 1 is 0.821 bits per heavy atom. The van der Waals surface area contributed by atoms with Crippen molar-refractivity contribution in [2.24, 2.45) is 0 Å². The highest BCUT2D eigenvalue weighted by molar-refractivity contribution is 6.65. The lowest BCUT2D eigenvalue weighted by atomic mass is 9.71. The van der Waals surface area contributed by atoms with E-state index in [0.29, 0.717) is 0 Å². The molecule has 2 aromatic carbocycles. The molecule has 1 aliphatic heterocycles. The lowest BCUT2D eigenvalue weighted by Gasteiger charge is -2.32. The largest absolute Gasteiger partial charge is 0.495 e. The Morgan fingerprint density at radius 3 is 1.86 bits per heavy atom. The molecule has 0 radical (unpaired) electrons. The molecule has 1 fully saturated rings. The van der Waals surface area contributed by atoms with Gasteiger partial charge in [-0.05, 0) is 72.3 Å². The fourth-order valence-corrected chi connectivity index (χ4v) is 3.63. The maximum absolute atomic E-state index is 6.43. The molecule has 1 heterocycles. The quantitative estimate of drug-likeness (QED) is 0.597. The normalized spacial score (nSPS) is 19.4. The number of benzene rings is 2. The molecular weight excluding hydrogens is 343 g/mol. The zero-order valence-electron chi connectivity index (χ0n) is 19.5. The second-order valence-electron chi connectivity index (χ2n) is 11.1. The summed E-state index contributed by atoms with van der Waals surface area (Å²) < 4.78 is 12.9. The minimum absolute atomic E-state index is 0.102. The molecule has 0 atom stereocenters. The summed E-state index contributed by atoms with van der Waals surface area (Å²) in [4.78, 5) is 0. The second-order valence-corrected chi connectivity index (χ2v) is 11.1.